The van der Waals surface area contributed by atoms with E-state index in [4.69, 9.17) is 10.5 Å². The lowest BCUT2D eigenvalue weighted by Gasteiger charge is -2.22. The summed E-state index contributed by atoms with van der Waals surface area (Å²) >= 11 is 0. The molecule has 1 atom stereocenters. The molecule has 1 aromatic carbocycles. The smallest absolute Gasteiger partial charge is 0.243 e. The van der Waals surface area contributed by atoms with Crippen LogP contribution in [-0.4, -0.2) is 68.8 Å². The van der Waals surface area contributed by atoms with Crippen LogP contribution in [0, 0.1) is 0 Å². The van der Waals surface area contributed by atoms with Gasteiger partial charge in [0.25, 0.3) is 0 Å². The molecule has 1 aromatic rings. The number of anilines is 1. The third-order valence-corrected chi connectivity index (χ3v) is 7.58. The number of carbonyl (C=O) groups is 2. The number of amides is 2. The van der Waals surface area contributed by atoms with Crippen molar-refractivity contribution in [2.75, 3.05) is 38.6 Å². The average Bonchev–Trinajstić information content (AvgIpc) is 2.98. The summed E-state index contributed by atoms with van der Waals surface area (Å²) in [4.78, 5) is 26.0. The molecule has 0 spiro atoms. The normalized spacial score (nSPS) is 21.2. The summed E-state index contributed by atoms with van der Waals surface area (Å²) < 4.78 is 33.0. The SMILES string of the molecule is COc1ccc(S(=O)(=O)N2CCCCCC2)cc1NC(=O)CN1CCCC1C(N)=O. The summed E-state index contributed by atoms with van der Waals surface area (Å²) in [6.45, 7) is 1.61. The molecule has 0 aliphatic carbocycles. The molecule has 2 heterocycles. The number of benzene rings is 1. The van der Waals surface area contributed by atoms with Crippen molar-refractivity contribution in [2.24, 2.45) is 5.73 Å². The highest BCUT2D eigenvalue weighted by atomic mass is 32.2. The summed E-state index contributed by atoms with van der Waals surface area (Å²) in [5, 5.41) is 2.73. The van der Waals surface area contributed by atoms with Crippen LogP contribution in [-0.2, 0) is 19.6 Å². The van der Waals surface area contributed by atoms with Gasteiger partial charge < -0.3 is 15.8 Å². The van der Waals surface area contributed by atoms with Gasteiger partial charge in [-0.05, 0) is 50.4 Å². The average molecular weight is 439 g/mol. The van der Waals surface area contributed by atoms with E-state index in [1.807, 2.05) is 0 Å². The van der Waals surface area contributed by atoms with Crippen LogP contribution in [0.1, 0.15) is 38.5 Å². The molecule has 30 heavy (non-hydrogen) atoms. The summed E-state index contributed by atoms with van der Waals surface area (Å²) in [6.07, 6.45) is 5.17. The van der Waals surface area contributed by atoms with E-state index in [1.54, 1.807) is 11.0 Å². The maximum Gasteiger partial charge on any atom is 0.243 e. The second-order valence-electron chi connectivity index (χ2n) is 7.76. The zero-order valence-corrected chi connectivity index (χ0v) is 18.1. The molecule has 2 aliphatic heterocycles. The van der Waals surface area contributed by atoms with Gasteiger partial charge in [-0.2, -0.15) is 4.31 Å². The number of sulfonamides is 1. The van der Waals surface area contributed by atoms with Crippen LogP contribution >= 0.6 is 0 Å². The number of nitrogens with two attached hydrogens (primary N) is 1. The van der Waals surface area contributed by atoms with Crippen molar-refractivity contribution in [2.45, 2.75) is 49.5 Å². The second kappa shape index (κ2) is 9.76. The van der Waals surface area contributed by atoms with E-state index in [-0.39, 0.29) is 23.0 Å². The van der Waals surface area contributed by atoms with Gasteiger partial charge in [-0.1, -0.05) is 12.8 Å². The number of ether oxygens (including phenoxy) is 1. The number of carbonyl (C=O) groups excluding carboxylic acids is 2. The Labute approximate surface area is 177 Å². The Hall–Kier alpha value is -2.17. The van der Waals surface area contributed by atoms with Crippen LogP contribution in [0.5, 0.6) is 5.75 Å². The Morgan fingerprint density at radius 2 is 1.83 bits per heavy atom. The predicted octanol–water partition coefficient (Wildman–Crippen LogP) is 1.15. The van der Waals surface area contributed by atoms with Crippen molar-refractivity contribution in [3.05, 3.63) is 18.2 Å². The Bertz CT molecular complexity index is 881. The number of nitrogens with zero attached hydrogens (tertiary/aromatic N) is 2. The van der Waals surface area contributed by atoms with E-state index in [0.717, 1.165) is 32.1 Å². The van der Waals surface area contributed by atoms with Gasteiger partial charge in [0.2, 0.25) is 21.8 Å². The van der Waals surface area contributed by atoms with Gasteiger partial charge in [0.15, 0.2) is 0 Å². The maximum atomic E-state index is 13.1. The molecule has 3 rings (SSSR count). The molecule has 166 valence electrons. The molecule has 9 nitrogen and oxygen atoms in total. The highest BCUT2D eigenvalue weighted by Gasteiger charge is 2.31. The number of methoxy groups -OCH3 is 1. The molecule has 2 amide bonds. The number of nitrogens with one attached hydrogen (secondary N) is 1. The second-order valence-corrected chi connectivity index (χ2v) is 9.70. The zero-order chi connectivity index (χ0) is 21.7. The van der Waals surface area contributed by atoms with Crippen LogP contribution in [0.15, 0.2) is 23.1 Å². The van der Waals surface area contributed by atoms with Gasteiger partial charge in [-0.25, -0.2) is 8.42 Å². The van der Waals surface area contributed by atoms with Crippen molar-refractivity contribution in [3.63, 3.8) is 0 Å². The summed E-state index contributed by atoms with van der Waals surface area (Å²) in [7, 11) is -2.20. The molecule has 0 saturated carbocycles. The third kappa shape index (κ3) is 5.11. The molecule has 2 saturated heterocycles. The lowest BCUT2D eigenvalue weighted by atomic mass is 10.2. The van der Waals surface area contributed by atoms with Crippen LogP contribution < -0.4 is 15.8 Å². The minimum atomic E-state index is -3.66. The molecule has 0 aromatic heterocycles. The topological polar surface area (TPSA) is 122 Å². The highest BCUT2D eigenvalue weighted by molar-refractivity contribution is 7.89. The molecule has 2 aliphatic rings. The van der Waals surface area contributed by atoms with E-state index >= 15 is 0 Å². The fourth-order valence-electron chi connectivity index (χ4n) is 4.09. The number of rotatable bonds is 7. The lowest BCUT2D eigenvalue weighted by molar-refractivity contribution is -0.123. The van der Waals surface area contributed by atoms with Crippen molar-refractivity contribution >= 4 is 27.5 Å². The molecule has 0 radical (unpaired) electrons. The van der Waals surface area contributed by atoms with E-state index in [1.165, 1.54) is 23.5 Å². The van der Waals surface area contributed by atoms with Gasteiger partial charge in [0, 0.05) is 13.1 Å². The highest BCUT2D eigenvalue weighted by Crippen LogP contribution is 2.30. The number of likely N-dealkylation sites (tertiary alicyclic amines) is 1. The molecular formula is C20H30N4O5S. The minimum absolute atomic E-state index is 0.000135. The van der Waals surface area contributed by atoms with Crippen LogP contribution in [0.25, 0.3) is 0 Å². The Kier molecular flexibility index (Phi) is 7.32. The van der Waals surface area contributed by atoms with E-state index in [9.17, 15) is 18.0 Å². The minimum Gasteiger partial charge on any atom is -0.495 e. The van der Waals surface area contributed by atoms with Gasteiger partial charge in [0.1, 0.15) is 5.75 Å². The lowest BCUT2D eigenvalue weighted by Crippen LogP contribution is -2.43. The van der Waals surface area contributed by atoms with Crippen molar-refractivity contribution in [1.29, 1.82) is 0 Å². The summed E-state index contributed by atoms with van der Waals surface area (Å²) in [5.74, 6) is -0.430. The van der Waals surface area contributed by atoms with Crippen molar-refractivity contribution in [1.82, 2.24) is 9.21 Å². The van der Waals surface area contributed by atoms with Crippen molar-refractivity contribution in [3.8, 4) is 5.75 Å². The molecule has 10 heteroatoms. The van der Waals surface area contributed by atoms with Gasteiger partial charge in [0.05, 0.1) is 30.3 Å². The Morgan fingerprint density at radius 3 is 2.47 bits per heavy atom. The number of hydrogen-bond donors (Lipinski definition) is 2. The standard InChI is InChI=1S/C20H30N4O5S/c1-29-18-9-8-15(30(27,28)24-11-4-2-3-5-12-24)13-16(18)22-19(25)14-23-10-6-7-17(23)20(21)26/h8-9,13,17H,2-7,10-12,14H2,1H3,(H2,21,26)(H,22,25). The maximum absolute atomic E-state index is 13.1. The van der Waals surface area contributed by atoms with E-state index in [2.05, 4.69) is 5.32 Å². The monoisotopic (exact) mass is 438 g/mol. The zero-order valence-electron chi connectivity index (χ0n) is 17.3. The molecule has 0 bridgehead atoms. The van der Waals surface area contributed by atoms with Crippen LogP contribution in [0.2, 0.25) is 0 Å². The van der Waals surface area contributed by atoms with Gasteiger partial charge >= 0.3 is 0 Å². The first-order valence-electron chi connectivity index (χ1n) is 10.3. The predicted molar refractivity (Wildman–Crippen MR) is 113 cm³/mol. The van der Waals surface area contributed by atoms with Crippen LogP contribution in [0.4, 0.5) is 5.69 Å². The quantitative estimate of drug-likeness (QED) is 0.658. The Balaban J connectivity index is 1.77. The first-order chi connectivity index (χ1) is 14.3. The number of hydrogen-bond acceptors (Lipinski definition) is 6. The fraction of sp³-hybridized carbons (Fsp3) is 0.600. The fourth-order valence-corrected chi connectivity index (χ4v) is 5.63. The largest absolute Gasteiger partial charge is 0.495 e. The molecule has 3 N–H and O–H groups in total. The first-order valence-corrected chi connectivity index (χ1v) is 11.8. The molecule has 1 unspecified atom stereocenters. The van der Waals surface area contributed by atoms with E-state index in [0.29, 0.717) is 31.8 Å². The summed E-state index contributed by atoms with van der Waals surface area (Å²) in [5.41, 5.74) is 5.69. The van der Waals surface area contributed by atoms with Gasteiger partial charge in [-0.15, -0.1) is 0 Å². The van der Waals surface area contributed by atoms with E-state index < -0.39 is 22.0 Å². The summed E-state index contributed by atoms with van der Waals surface area (Å²) in [6, 6.07) is 4.03. The number of primary amides is 1. The molecular weight excluding hydrogens is 408 g/mol. The van der Waals surface area contributed by atoms with Crippen LogP contribution in [0.3, 0.4) is 0 Å². The molecule has 2 fully saturated rings. The third-order valence-electron chi connectivity index (χ3n) is 5.69. The van der Waals surface area contributed by atoms with Crippen molar-refractivity contribution < 1.29 is 22.7 Å². The first kappa shape index (κ1) is 22.5. The van der Waals surface area contributed by atoms with Gasteiger partial charge in [-0.3, -0.25) is 14.5 Å². The Morgan fingerprint density at radius 1 is 1.13 bits per heavy atom.